The van der Waals surface area contributed by atoms with Crippen LogP contribution in [0.5, 0.6) is 5.75 Å². The minimum Gasteiger partial charge on any atom is -0.496 e. The van der Waals surface area contributed by atoms with Gasteiger partial charge in [0.25, 0.3) is 23.6 Å². The molecule has 2 saturated carbocycles. The molecule has 8 rings (SSSR count). The summed E-state index contributed by atoms with van der Waals surface area (Å²) in [5.74, 6) is -2.56. The Morgan fingerprint density at radius 3 is 2.03 bits per heavy atom. The first-order chi connectivity index (χ1) is 35.7. The number of anilines is 2. The Kier molecular flexibility index (Phi) is 17.5. The van der Waals surface area contributed by atoms with E-state index in [0.29, 0.717) is 17.1 Å². The molecule has 0 spiro atoms. The van der Waals surface area contributed by atoms with Gasteiger partial charge in [0.05, 0.1) is 49.7 Å². The van der Waals surface area contributed by atoms with E-state index >= 15 is 0 Å². The van der Waals surface area contributed by atoms with Crippen LogP contribution in [0.15, 0.2) is 83.3 Å². The van der Waals surface area contributed by atoms with Gasteiger partial charge in [-0.2, -0.15) is 0 Å². The molecule has 17 nitrogen and oxygen atoms in total. The lowest BCUT2D eigenvalue weighted by Gasteiger charge is -2.48. The zero-order chi connectivity index (χ0) is 52.7. The molecule has 7 N–H and O–H groups in total. The number of amides is 7. The average Bonchev–Trinajstić information content (AvgIpc) is 3.86. The third-order valence-corrected chi connectivity index (χ3v) is 16.3. The van der Waals surface area contributed by atoms with Crippen LogP contribution in [0, 0.1) is 11.8 Å². The van der Waals surface area contributed by atoms with Crippen LogP contribution in [-0.4, -0.2) is 111 Å². The lowest BCUT2D eigenvalue weighted by Crippen LogP contribution is -2.70. The molecule has 3 fully saturated rings. The summed E-state index contributed by atoms with van der Waals surface area (Å²) in [6.45, 7) is 3.61. The molecule has 2 heterocycles. The molecule has 74 heavy (non-hydrogen) atoms. The fourth-order valence-corrected chi connectivity index (χ4v) is 11.8. The molecule has 4 aromatic rings. The number of imide groups is 1. The Labute approximate surface area is 441 Å². The number of halogens is 1. The van der Waals surface area contributed by atoms with E-state index in [1.165, 1.54) is 4.90 Å². The topological polar surface area (TPSA) is 219 Å². The Balaban J connectivity index is 0.978. The van der Waals surface area contributed by atoms with Crippen molar-refractivity contribution in [1.29, 1.82) is 0 Å². The van der Waals surface area contributed by atoms with E-state index in [-0.39, 0.29) is 54.9 Å². The normalized spacial score (nSPS) is 20.5. The van der Waals surface area contributed by atoms with Crippen molar-refractivity contribution in [2.75, 3.05) is 44.1 Å². The molecule has 5 atom stereocenters. The molecule has 2 aliphatic heterocycles. The summed E-state index contributed by atoms with van der Waals surface area (Å²) in [5.41, 5.74) is 0.945. The number of ether oxygens (including phenoxy) is 1. The van der Waals surface area contributed by atoms with Gasteiger partial charge < -0.3 is 46.4 Å². The monoisotopic (exact) mass is 1080 g/mol. The van der Waals surface area contributed by atoms with Crippen molar-refractivity contribution >= 4 is 79.4 Å². The van der Waals surface area contributed by atoms with Gasteiger partial charge in [0.1, 0.15) is 17.3 Å². The fraction of sp³-hybridized carbons (Fsp3) is 0.482. The van der Waals surface area contributed by atoms with Crippen LogP contribution >= 0.6 is 15.9 Å². The van der Waals surface area contributed by atoms with E-state index in [2.05, 4.69) is 53.1 Å². The van der Waals surface area contributed by atoms with E-state index in [9.17, 15) is 33.6 Å². The SMILES string of the molecule is CN[C@@H](C)C(=O)N[C@H]1CN(C(=O)c2ccc(C(=O)N[C@@H]3CN[C@H](C(=O)NC(=O)C(NC(=O)[C@H](C)NC)(C4CCCCC4)C4CCCCC4)C3)cc2)c2ccccc2N(Cc2c(OC)ccc3cc(Br)ccc23)C1=O. The Bertz CT molecular complexity index is 2720. The third kappa shape index (κ3) is 11.5. The van der Waals surface area contributed by atoms with Crippen molar-refractivity contribution < 1.29 is 38.3 Å². The van der Waals surface area contributed by atoms with Gasteiger partial charge >= 0.3 is 0 Å². The summed E-state index contributed by atoms with van der Waals surface area (Å²) in [6, 6.07) is 19.4. The lowest BCUT2D eigenvalue weighted by molar-refractivity contribution is -0.145. The quantitative estimate of drug-likeness (QED) is 0.0730. The van der Waals surface area contributed by atoms with Crippen LogP contribution in [0.25, 0.3) is 10.8 Å². The third-order valence-electron chi connectivity index (χ3n) is 15.8. The second-order valence-corrected chi connectivity index (χ2v) is 21.2. The zero-order valence-electron chi connectivity index (χ0n) is 43.0. The molecule has 0 unspecified atom stereocenters. The number of hydrogen-bond acceptors (Lipinski definition) is 11. The highest BCUT2D eigenvalue weighted by molar-refractivity contribution is 9.10. The number of carbonyl (C=O) groups excluding carboxylic acids is 7. The van der Waals surface area contributed by atoms with Gasteiger partial charge in [-0.3, -0.25) is 38.9 Å². The summed E-state index contributed by atoms with van der Waals surface area (Å²) >= 11 is 3.56. The first-order valence-corrected chi connectivity index (χ1v) is 26.9. The van der Waals surface area contributed by atoms with Gasteiger partial charge in [-0.1, -0.05) is 78.7 Å². The zero-order valence-corrected chi connectivity index (χ0v) is 44.6. The maximum Gasteiger partial charge on any atom is 0.258 e. The molecule has 394 valence electrons. The number of likely N-dealkylation sites (N-methyl/N-ethyl adjacent to an activating group) is 2. The van der Waals surface area contributed by atoms with E-state index in [1.54, 1.807) is 88.5 Å². The minimum atomic E-state index is -1.22. The second kappa shape index (κ2) is 24.0. The van der Waals surface area contributed by atoms with Crippen LogP contribution < -0.4 is 51.8 Å². The highest BCUT2D eigenvalue weighted by atomic mass is 79.9. The van der Waals surface area contributed by atoms with Gasteiger partial charge in [-0.25, -0.2) is 0 Å². The van der Waals surface area contributed by atoms with Crippen LogP contribution in [0.4, 0.5) is 11.4 Å². The highest BCUT2D eigenvalue weighted by Gasteiger charge is 2.53. The summed E-state index contributed by atoms with van der Waals surface area (Å²) in [5, 5.41) is 22.8. The Morgan fingerprint density at radius 1 is 0.770 bits per heavy atom. The van der Waals surface area contributed by atoms with E-state index in [0.717, 1.165) is 85.0 Å². The van der Waals surface area contributed by atoms with Gasteiger partial charge in [-0.05, 0) is 137 Å². The van der Waals surface area contributed by atoms with Crippen LogP contribution in [0.2, 0.25) is 0 Å². The first kappa shape index (κ1) is 54.1. The summed E-state index contributed by atoms with van der Waals surface area (Å²) < 4.78 is 6.72. The van der Waals surface area contributed by atoms with Gasteiger partial charge in [0.2, 0.25) is 17.7 Å². The molecule has 1 saturated heterocycles. The summed E-state index contributed by atoms with van der Waals surface area (Å²) in [7, 11) is 4.93. The lowest BCUT2D eigenvalue weighted by atomic mass is 9.63. The average molecular weight is 1080 g/mol. The van der Waals surface area contributed by atoms with E-state index in [1.807, 2.05) is 30.3 Å². The Hall–Kier alpha value is -6.21. The van der Waals surface area contributed by atoms with Gasteiger partial charge in [0, 0.05) is 33.7 Å². The van der Waals surface area contributed by atoms with Crippen LogP contribution in [0.1, 0.15) is 111 Å². The summed E-state index contributed by atoms with van der Waals surface area (Å²) in [4.78, 5) is 102. The first-order valence-electron chi connectivity index (χ1n) is 26.1. The minimum absolute atomic E-state index is 0.0651. The molecule has 4 aromatic carbocycles. The largest absolute Gasteiger partial charge is 0.496 e. The molecule has 2 aliphatic carbocycles. The number of benzene rings is 4. The standard InChI is InChI=1S/C56H70BrN9O8/c1-33(58-3)49(67)62-45-32-66(47-19-13-12-18-46(47)65(54(45)72)31-43-42-26-25-40(57)28-37(42)24-27-48(43)74-5)53(71)36-22-20-35(21-23-36)51(69)61-41-29-44(60-30-41)52(70)63-55(73)56(38-14-8-6-9-15-38,39-16-10-7-11-17-39)64-50(68)34(2)59-4/h12-13,18-28,33-34,38-39,41,44-45,58-60H,6-11,14-17,29-32H2,1-5H3,(H,61,69)(H,62,67)(H,64,68)(H,63,70,73)/t33-,34-,41-,44-,45-/m0/s1. The Morgan fingerprint density at radius 2 is 1.39 bits per heavy atom. The predicted molar refractivity (Wildman–Crippen MR) is 288 cm³/mol. The molecular weight excluding hydrogens is 1010 g/mol. The van der Waals surface area contributed by atoms with E-state index < -0.39 is 71.2 Å². The highest BCUT2D eigenvalue weighted by Crippen LogP contribution is 2.44. The molecule has 4 aliphatic rings. The molecule has 18 heteroatoms. The molecule has 0 radical (unpaired) electrons. The van der Waals surface area contributed by atoms with Crippen LogP contribution in [0.3, 0.4) is 0 Å². The molecule has 7 amide bonds. The van der Waals surface area contributed by atoms with Gasteiger partial charge in [-0.15, -0.1) is 0 Å². The molecular formula is C56H70BrN9O8. The number of fused-ring (bicyclic) bond motifs is 2. The number of nitrogens with zero attached hydrogens (tertiary/aromatic N) is 2. The van der Waals surface area contributed by atoms with Crippen molar-refractivity contribution in [1.82, 2.24) is 37.2 Å². The molecule has 0 aromatic heterocycles. The van der Waals surface area contributed by atoms with Crippen molar-refractivity contribution in [3.8, 4) is 5.75 Å². The number of carbonyl (C=O) groups is 7. The van der Waals surface area contributed by atoms with E-state index in [4.69, 9.17) is 4.74 Å². The van der Waals surface area contributed by atoms with Crippen molar-refractivity contribution in [3.05, 3.63) is 100 Å². The van der Waals surface area contributed by atoms with Crippen molar-refractivity contribution in [2.45, 2.75) is 127 Å². The second-order valence-electron chi connectivity index (χ2n) is 20.3. The summed E-state index contributed by atoms with van der Waals surface area (Å²) in [6.07, 6.45) is 9.36. The maximum atomic E-state index is 14.8. The fourth-order valence-electron chi connectivity index (χ4n) is 11.4. The number of nitrogens with one attached hydrogen (secondary N) is 7. The smallest absolute Gasteiger partial charge is 0.258 e. The van der Waals surface area contributed by atoms with Crippen LogP contribution in [-0.2, 0) is 30.5 Å². The molecule has 0 bridgehead atoms. The number of para-hydroxylation sites is 2. The van der Waals surface area contributed by atoms with Crippen molar-refractivity contribution in [2.24, 2.45) is 11.8 Å². The maximum absolute atomic E-state index is 14.8. The number of methoxy groups -OCH3 is 1. The van der Waals surface area contributed by atoms with Gasteiger partial charge in [0.15, 0.2) is 0 Å². The van der Waals surface area contributed by atoms with Crippen molar-refractivity contribution in [3.63, 3.8) is 0 Å². The number of rotatable bonds is 16. The predicted octanol–water partition coefficient (Wildman–Crippen LogP) is 5.62. The number of hydrogen-bond donors (Lipinski definition) is 7.